The van der Waals surface area contributed by atoms with Gasteiger partial charge in [-0.1, -0.05) is 18.2 Å². The molecule has 32 heavy (non-hydrogen) atoms. The Morgan fingerprint density at radius 3 is 2.81 bits per heavy atom. The van der Waals surface area contributed by atoms with Gasteiger partial charge in [0.15, 0.2) is 0 Å². The van der Waals surface area contributed by atoms with Crippen LogP contribution in [-0.4, -0.2) is 48.0 Å². The number of nitrogens with zero attached hydrogens (tertiary/aromatic N) is 2. The smallest absolute Gasteiger partial charge is 0.220 e. The van der Waals surface area contributed by atoms with Gasteiger partial charge in [0.2, 0.25) is 5.91 Å². The van der Waals surface area contributed by atoms with Crippen molar-refractivity contribution in [2.45, 2.75) is 44.7 Å². The molecule has 2 fully saturated rings. The van der Waals surface area contributed by atoms with Crippen molar-refractivity contribution in [3.05, 3.63) is 65.7 Å². The first kappa shape index (κ1) is 24.6. The summed E-state index contributed by atoms with van der Waals surface area (Å²) < 4.78 is 12.9. The van der Waals surface area contributed by atoms with Gasteiger partial charge in [-0.2, -0.15) is 0 Å². The highest BCUT2D eigenvalue weighted by Gasteiger charge is 2.36. The lowest BCUT2D eigenvalue weighted by molar-refractivity contribution is -0.121. The molecule has 5 nitrogen and oxygen atoms in total. The second kappa shape index (κ2) is 12.3. The van der Waals surface area contributed by atoms with Crippen molar-refractivity contribution in [3.8, 4) is 0 Å². The minimum Gasteiger partial charge on any atom is -0.356 e. The molecule has 7 heteroatoms. The second-order valence-electron chi connectivity index (χ2n) is 9.05. The maximum atomic E-state index is 12.9. The van der Waals surface area contributed by atoms with E-state index < -0.39 is 0 Å². The van der Waals surface area contributed by atoms with E-state index in [-0.39, 0.29) is 24.1 Å². The fraction of sp³-hybridized carbons (Fsp3) is 0.520. The van der Waals surface area contributed by atoms with Gasteiger partial charge in [-0.25, -0.2) is 4.39 Å². The fourth-order valence-corrected chi connectivity index (χ4v) is 5.06. The lowest BCUT2D eigenvalue weighted by atomic mass is 9.79. The Labute approximate surface area is 196 Å². The molecule has 1 amide bonds. The number of hydrogen-bond acceptors (Lipinski definition) is 4. The van der Waals surface area contributed by atoms with Crippen LogP contribution in [-0.2, 0) is 17.8 Å². The van der Waals surface area contributed by atoms with Crippen LogP contribution in [0.25, 0.3) is 0 Å². The number of halogens is 2. The monoisotopic (exact) mass is 460 g/mol. The Bertz CT molecular complexity index is 836. The molecular formula is C25H34ClFN4O. The molecule has 0 spiro atoms. The van der Waals surface area contributed by atoms with Crippen molar-refractivity contribution in [2.24, 2.45) is 11.8 Å². The third-order valence-corrected chi connectivity index (χ3v) is 6.58. The average Bonchev–Trinajstić information content (AvgIpc) is 2.77. The standard InChI is InChI=1S/C25H33FN4O.ClH/c26-23-8-6-19(7-9-23)10-12-28-25(31)5-1-4-24-22-13-21(15-29-24)17-30(18-22)16-20-3-2-11-27-14-20;/h2-3,6-9,11,14,21-22,24,29H,1,4-5,10,12-13,15-18H2,(H,28,31);1H/t21-,22-,24+;/m0./s1. The van der Waals surface area contributed by atoms with Gasteiger partial charge >= 0.3 is 0 Å². The van der Waals surface area contributed by atoms with E-state index in [1.807, 2.05) is 18.5 Å². The summed E-state index contributed by atoms with van der Waals surface area (Å²) in [5, 5.41) is 6.74. The molecule has 2 aromatic rings. The Morgan fingerprint density at radius 2 is 2.03 bits per heavy atom. The van der Waals surface area contributed by atoms with Gasteiger partial charge in [0, 0.05) is 51.0 Å². The predicted molar refractivity (Wildman–Crippen MR) is 127 cm³/mol. The molecule has 1 aromatic heterocycles. The Hall–Kier alpha value is -2.02. The largest absolute Gasteiger partial charge is 0.356 e. The highest BCUT2D eigenvalue weighted by molar-refractivity contribution is 5.85. The summed E-state index contributed by atoms with van der Waals surface area (Å²) in [5.74, 6) is 1.26. The summed E-state index contributed by atoms with van der Waals surface area (Å²) >= 11 is 0. The highest BCUT2D eigenvalue weighted by Crippen LogP contribution is 2.31. The number of carbonyl (C=O) groups excluding carboxylic acids is 1. The van der Waals surface area contributed by atoms with Crippen molar-refractivity contribution in [1.82, 2.24) is 20.5 Å². The number of benzene rings is 1. The van der Waals surface area contributed by atoms with Gasteiger partial charge in [-0.05, 0) is 73.4 Å². The van der Waals surface area contributed by atoms with E-state index in [1.165, 1.54) is 24.1 Å². The summed E-state index contributed by atoms with van der Waals surface area (Å²) in [6.07, 6.45) is 8.34. The fourth-order valence-electron chi connectivity index (χ4n) is 5.06. The lowest BCUT2D eigenvalue weighted by Crippen LogP contribution is -2.55. The number of piperidine rings is 2. The van der Waals surface area contributed by atoms with Crippen LogP contribution >= 0.6 is 12.4 Å². The van der Waals surface area contributed by atoms with Crippen LogP contribution in [0.3, 0.4) is 0 Å². The molecule has 0 unspecified atom stereocenters. The quantitative estimate of drug-likeness (QED) is 0.600. The van der Waals surface area contributed by atoms with Gasteiger partial charge in [0.05, 0.1) is 0 Å². The van der Waals surface area contributed by atoms with E-state index >= 15 is 0 Å². The average molecular weight is 461 g/mol. The first-order chi connectivity index (χ1) is 15.2. The van der Waals surface area contributed by atoms with E-state index in [9.17, 15) is 9.18 Å². The Kier molecular flexibility index (Phi) is 9.45. The number of aromatic nitrogens is 1. The van der Waals surface area contributed by atoms with Crippen LogP contribution in [0.4, 0.5) is 4.39 Å². The van der Waals surface area contributed by atoms with Crippen molar-refractivity contribution in [2.75, 3.05) is 26.2 Å². The molecule has 3 atom stereocenters. The van der Waals surface area contributed by atoms with Crippen LogP contribution in [0.2, 0.25) is 0 Å². The molecule has 1 aromatic carbocycles. The number of hydrogen-bond donors (Lipinski definition) is 2. The van der Waals surface area contributed by atoms with Gasteiger partial charge in [0.25, 0.3) is 0 Å². The maximum absolute atomic E-state index is 12.9. The molecule has 3 heterocycles. The van der Waals surface area contributed by atoms with E-state index in [0.717, 1.165) is 56.9 Å². The normalized spacial score (nSPS) is 22.7. The van der Waals surface area contributed by atoms with Crippen LogP contribution in [0.1, 0.15) is 36.8 Å². The Morgan fingerprint density at radius 1 is 1.19 bits per heavy atom. The molecule has 4 rings (SSSR count). The summed E-state index contributed by atoms with van der Waals surface area (Å²) in [6.45, 7) is 4.92. The molecule has 0 saturated carbocycles. The minimum atomic E-state index is -0.228. The predicted octanol–water partition coefficient (Wildman–Crippen LogP) is 3.58. The van der Waals surface area contributed by atoms with Crippen LogP contribution < -0.4 is 10.6 Å². The number of nitrogens with one attached hydrogen (secondary N) is 2. The third-order valence-electron chi connectivity index (χ3n) is 6.58. The van der Waals surface area contributed by atoms with Crippen molar-refractivity contribution in [1.29, 1.82) is 0 Å². The van der Waals surface area contributed by atoms with Crippen LogP contribution in [0, 0.1) is 17.7 Å². The van der Waals surface area contributed by atoms with Gasteiger partial charge in [0.1, 0.15) is 5.82 Å². The van der Waals surface area contributed by atoms with Gasteiger partial charge in [-0.15, -0.1) is 12.4 Å². The van der Waals surface area contributed by atoms with E-state index in [4.69, 9.17) is 0 Å². The van der Waals surface area contributed by atoms with E-state index in [0.29, 0.717) is 24.9 Å². The number of fused-ring (bicyclic) bond motifs is 2. The summed E-state index contributed by atoms with van der Waals surface area (Å²) in [4.78, 5) is 19.0. The van der Waals surface area contributed by atoms with Gasteiger partial charge < -0.3 is 10.6 Å². The summed E-state index contributed by atoms with van der Waals surface area (Å²) in [7, 11) is 0. The molecular weight excluding hydrogens is 427 g/mol. The Balaban J connectivity index is 0.00000289. The molecule has 2 N–H and O–H groups in total. The van der Waals surface area contributed by atoms with Crippen molar-refractivity contribution in [3.63, 3.8) is 0 Å². The number of amides is 1. The van der Waals surface area contributed by atoms with Crippen LogP contribution in [0.5, 0.6) is 0 Å². The zero-order valence-electron chi connectivity index (χ0n) is 18.5. The zero-order valence-corrected chi connectivity index (χ0v) is 19.3. The highest BCUT2D eigenvalue weighted by atomic mass is 35.5. The SMILES string of the molecule is Cl.O=C(CCC[C@H]1NC[C@@H]2C[C@H]1CN(Cc1cccnc1)C2)NCCc1ccc(F)cc1. The molecule has 2 aliphatic rings. The van der Waals surface area contributed by atoms with Crippen molar-refractivity contribution >= 4 is 18.3 Å². The number of carbonyl (C=O) groups is 1. The van der Waals surface area contributed by atoms with Crippen molar-refractivity contribution < 1.29 is 9.18 Å². The lowest BCUT2D eigenvalue weighted by Gasteiger charge is -2.46. The van der Waals surface area contributed by atoms with Crippen LogP contribution in [0.15, 0.2) is 48.8 Å². The zero-order chi connectivity index (χ0) is 21.5. The molecule has 0 radical (unpaired) electrons. The molecule has 0 aliphatic carbocycles. The molecule has 2 bridgehead atoms. The molecule has 2 saturated heterocycles. The van der Waals surface area contributed by atoms with E-state index in [2.05, 4.69) is 26.6 Å². The maximum Gasteiger partial charge on any atom is 0.220 e. The second-order valence-corrected chi connectivity index (χ2v) is 9.05. The minimum absolute atomic E-state index is 0. The number of rotatable bonds is 9. The van der Waals surface area contributed by atoms with E-state index in [1.54, 1.807) is 12.1 Å². The summed E-state index contributed by atoms with van der Waals surface area (Å²) in [5.41, 5.74) is 2.32. The number of likely N-dealkylation sites (tertiary alicyclic amines) is 1. The first-order valence-electron chi connectivity index (χ1n) is 11.5. The molecule has 2 aliphatic heterocycles. The topological polar surface area (TPSA) is 57.3 Å². The third kappa shape index (κ3) is 7.26. The molecule has 174 valence electrons. The first-order valence-corrected chi connectivity index (χ1v) is 11.5. The summed E-state index contributed by atoms with van der Waals surface area (Å²) in [6, 6.07) is 11.1. The number of pyridine rings is 1. The van der Waals surface area contributed by atoms with Gasteiger partial charge in [-0.3, -0.25) is 14.7 Å².